The Balaban J connectivity index is 1.92. The molecule has 0 N–H and O–H groups in total. The van der Waals surface area contributed by atoms with E-state index in [1.807, 2.05) is 24.3 Å². The van der Waals surface area contributed by atoms with Gasteiger partial charge in [-0.1, -0.05) is 60.7 Å². The molecule has 0 aliphatic rings. The minimum absolute atomic E-state index is 0.0195. The number of benzene rings is 3. The number of carbonyl (C=O) groups excluding carboxylic acids is 2. The summed E-state index contributed by atoms with van der Waals surface area (Å²) < 4.78 is 5.72. The molecule has 0 aliphatic carbocycles. The molecule has 176 valence electrons. The van der Waals surface area contributed by atoms with Gasteiger partial charge in [-0.15, -0.1) is 0 Å². The van der Waals surface area contributed by atoms with Crippen LogP contribution in [0, 0.1) is 6.92 Å². The molecular weight excluding hydrogens is 438 g/mol. The maximum Gasteiger partial charge on any atom is 0.344 e. The Morgan fingerprint density at radius 2 is 1.46 bits per heavy atom. The summed E-state index contributed by atoms with van der Waals surface area (Å²) in [5.74, 6) is -0.773. The number of rotatable bonds is 8. The first-order valence-electron chi connectivity index (χ1n) is 11.7. The van der Waals surface area contributed by atoms with Crippen LogP contribution in [0.5, 0.6) is 0 Å². The molecule has 0 bridgehead atoms. The van der Waals surface area contributed by atoms with Crippen LogP contribution in [0.25, 0.3) is 16.5 Å². The fraction of sp³-hybridized carbons (Fsp3) is 0.167. The van der Waals surface area contributed by atoms with E-state index in [1.54, 1.807) is 61.5 Å². The Hall–Kier alpha value is -4.25. The predicted octanol–water partition coefficient (Wildman–Crippen LogP) is 6.10. The van der Waals surface area contributed by atoms with Crippen molar-refractivity contribution in [3.63, 3.8) is 0 Å². The Kier molecular flexibility index (Phi) is 7.06. The summed E-state index contributed by atoms with van der Waals surface area (Å²) in [5, 5.41) is 0.717. The largest absolute Gasteiger partial charge is 0.422 e. The SMILES string of the molecule is CCN(CC)c1ccc2c(C)c(C(=CC(=O)c3ccccc3)C(=O)c3ccccc3)c(=O)oc2c1. The van der Waals surface area contributed by atoms with E-state index in [0.29, 0.717) is 22.3 Å². The third-order valence-corrected chi connectivity index (χ3v) is 6.16. The van der Waals surface area contributed by atoms with Crippen LogP contribution >= 0.6 is 0 Å². The van der Waals surface area contributed by atoms with Gasteiger partial charge in [0.05, 0.1) is 5.56 Å². The highest BCUT2D eigenvalue weighted by Crippen LogP contribution is 2.29. The van der Waals surface area contributed by atoms with E-state index in [0.717, 1.165) is 24.2 Å². The summed E-state index contributed by atoms with van der Waals surface area (Å²) >= 11 is 0. The van der Waals surface area contributed by atoms with Crippen molar-refractivity contribution in [3.8, 4) is 0 Å². The van der Waals surface area contributed by atoms with Gasteiger partial charge in [-0.2, -0.15) is 0 Å². The molecule has 1 aromatic heterocycles. The summed E-state index contributed by atoms with van der Waals surface area (Å²) in [6.45, 7) is 7.56. The number of nitrogens with zero attached hydrogens (tertiary/aromatic N) is 1. The maximum absolute atomic E-state index is 13.6. The average molecular weight is 466 g/mol. The average Bonchev–Trinajstić information content (AvgIpc) is 2.89. The number of anilines is 1. The van der Waals surface area contributed by atoms with E-state index >= 15 is 0 Å². The Morgan fingerprint density at radius 3 is 2.06 bits per heavy atom. The Bertz CT molecular complexity index is 1460. The molecule has 4 rings (SSSR count). The molecule has 0 amide bonds. The topological polar surface area (TPSA) is 67.6 Å². The Labute approximate surface area is 204 Å². The summed E-state index contributed by atoms with van der Waals surface area (Å²) in [7, 11) is 0. The molecule has 0 fully saturated rings. The first kappa shape index (κ1) is 23.9. The quantitative estimate of drug-likeness (QED) is 0.179. The van der Waals surface area contributed by atoms with Crippen molar-refractivity contribution < 1.29 is 14.0 Å². The highest BCUT2D eigenvalue weighted by Gasteiger charge is 2.24. The Morgan fingerprint density at radius 1 is 0.857 bits per heavy atom. The second-order valence-corrected chi connectivity index (χ2v) is 8.23. The lowest BCUT2D eigenvalue weighted by Gasteiger charge is -2.21. The second kappa shape index (κ2) is 10.3. The van der Waals surface area contributed by atoms with Crippen LogP contribution in [0.1, 0.15) is 45.7 Å². The number of aryl methyl sites for hydroxylation is 1. The number of fused-ring (bicyclic) bond motifs is 1. The van der Waals surface area contributed by atoms with E-state index < -0.39 is 11.4 Å². The van der Waals surface area contributed by atoms with Crippen molar-refractivity contribution in [1.29, 1.82) is 0 Å². The van der Waals surface area contributed by atoms with Gasteiger partial charge in [-0.25, -0.2) is 4.79 Å². The molecule has 0 saturated carbocycles. The molecular formula is C30H27NO4. The van der Waals surface area contributed by atoms with Crippen LogP contribution in [0.3, 0.4) is 0 Å². The van der Waals surface area contributed by atoms with Crippen molar-refractivity contribution in [2.24, 2.45) is 0 Å². The third kappa shape index (κ3) is 4.85. The molecule has 0 radical (unpaired) electrons. The molecule has 0 saturated heterocycles. The highest BCUT2D eigenvalue weighted by molar-refractivity contribution is 6.33. The molecule has 35 heavy (non-hydrogen) atoms. The van der Waals surface area contributed by atoms with Gasteiger partial charge in [0.25, 0.3) is 0 Å². The van der Waals surface area contributed by atoms with Gasteiger partial charge in [0.15, 0.2) is 11.6 Å². The van der Waals surface area contributed by atoms with Crippen molar-refractivity contribution in [2.75, 3.05) is 18.0 Å². The number of hydrogen-bond acceptors (Lipinski definition) is 5. The zero-order valence-corrected chi connectivity index (χ0v) is 20.1. The van der Waals surface area contributed by atoms with Crippen LogP contribution in [0.15, 0.2) is 94.2 Å². The summed E-state index contributed by atoms with van der Waals surface area (Å²) in [6, 6.07) is 23.0. The molecule has 3 aromatic carbocycles. The van der Waals surface area contributed by atoms with E-state index in [-0.39, 0.29) is 16.9 Å². The number of ketones is 2. The smallest absolute Gasteiger partial charge is 0.344 e. The number of hydrogen-bond donors (Lipinski definition) is 0. The molecule has 0 aliphatic heterocycles. The maximum atomic E-state index is 13.6. The van der Waals surface area contributed by atoms with Crippen LogP contribution in [-0.2, 0) is 0 Å². The standard InChI is InChI=1S/C30H27NO4/c1-4-31(5-2)23-16-17-24-20(3)28(30(34)35-27(24)18-23)25(29(33)22-14-10-7-11-15-22)19-26(32)21-12-8-6-9-13-21/h6-19H,4-5H2,1-3H3. The number of carbonyl (C=O) groups is 2. The lowest BCUT2D eigenvalue weighted by Crippen LogP contribution is -2.21. The van der Waals surface area contributed by atoms with Crippen LogP contribution < -0.4 is 10.5 Å². The van der Waals surface area contributed by atoms with Crippen molar-refractivity contribution in [1.82, 2.24) is 0 Å². The second-order valence-electron chi connectivity index (χ2n) is 8.23. The monoisotopic (exact) mass is 465 g/mol. The summed E-state index contributed by atoms with van der Waals surface area (Å²) in [4.78, 5) is 42.1. The highest BCUT2D eigenvalue weighted by atomic mass is 16.4. The first-order valence-corrected chi connectivity index (χ1v) is 11.7. The van der Waals surface area contributed by atoms with E-state index in [9.17, 15) is 14.4 Å². The van der Waals surface area contributed by atoms with Gasteiger partial charge in [0, 0.05) is 46.9 Å². The van der Waals surface area contributed by atoms with Gasteiger partial charge >= 0.3 is 5.63 Å². The van der Waals surface area contributed by atoms with E-state index in [4.69, 9.17) is 4.42 Å². The van der Waals surface area contributed by atoms with E-state index in [2.05, 4.69) is 18.7 Å². The van der Waals surface area contributed by atoms with Crippen molar-refractivity contribution in [3.05, 3.63) is 118 Å². The number of Topliss-reactive ketones (excluding diaryl/α,β-unsaturated/α-hetero) is 1. The minimum Gasteiger partial charge on any atom is -0.422 e. The van der Waals surface area contributed by atoms with Crippen LogP contribution in [-0.4, -0.2) is 24.7 Å². The van der Waals surface area contributed by atoms with Gasteiger partial charge in [-0.05, 0) is 44.5 Å². The third-order valence-electron chi connectivity index (χ3n) is 6.16. The summed E-state index contributed by atoms with van der Waals surface area (Å²) in [6.07, 6.45) is 1.25. The van der Waals surface area contributed by atoms with Crippen LogP contribution in [0.4, 0.5) is 5.69 Å². The molecule has 0 spiro atoms. The van der Waals surface area contributed by atoms with Gasteiger partial charge in [0.2, 0.25) is 0 Å². The first-order chi connectivity index (χ1) is 16.9. The fourth-order valence-electron chi connectivity index (χ4n) is 4.25. The normalized spacial score (nSPS) is 11.5. The molecule has 0 unspecified atom stereocenters. The lowest BCUT2D eigenvalue weighted by molar-refractivity contribution is 0.102. The molecule has 1 heterocycles. The van der Waals surface area contributed by atoms with Gasteiger partial charge < -0.3 is 9.32 Å². The van der Waals surface area contributed by atoms with Crippen LogP contribution in [0.2, 0.25) is 0 Å². The zero-order valence-electron chi connectivity index (χ0n) is 20.1. The van der Waals surface area contributed by atoms with Crippen molar-refractivity contribution in [2.45, 2.75) is 20.8 Å². The zero-order chi connectivity index (χ0) is 24.9. The number of allylic oxidation sites excluding steroid dienone is 2. The minimum atomic E-state index is -0.650. The molecule has 4 aromatic rings. The fourth-order valence-corrected chi connectivity index (χ4v) is 4.25. The van der Waals surface area contributed by atoms with Gasteiger partial charge in [0.1, 0.15) is 5.58 Å². The molecule has 5 nitrogen and oxygen atoms in total. The molecule has 5 heteroatoms. The van der Waals surface area contributed by atoms with Gasteiger partial charge in [-0.3, -0.25) is 9.59 Å². The van der Waals surface area contributed by atoms with Crippen molar-refractivity contribution >= 4 is 33.8 Å². The van der Waals surface area contributed by atoms with E-state index in [1.165, 1.54) is 6.08 Å². The predicted molar refractivity (Wildman–Crippen MR) is 140 cm³/mol. The molecule has 0 atom stereocenters. The lowest BCUT2D eigenvalue weighted by atomic mass is 9.91. The summed E-state index contributed by atoms with van der Waals surface area (Å²) in [5.41, 5.74) is 2.28.